The van der Waals surface area contributed by atoms with Gasteiger partial charge in [0, 0.05) is 25.8 Å². The number of hydrogen-bond donors (Lipinski definition) is 0. The minimum atomic E-state index is -0.909. The fraction of sp³-hybridized carbons (Fsp3) is 0.800. The molecule has 78 valence electrons. The van der Waals surface area contributed by atoms with Gasteiger partial charge in [-0.2, -0.15) is 0 Å². The number of likely N-dealkylation sites (N-methyl/N-ethyl adjacent to an activating group) is 1. The van der Waals surface area contributed by atoms with E-state index in [1.807, 2.05) is 11.9 Å². The fourth-order valence-corrected chi connectivity index (χ4v) is 2.29. The van der Waals surface area contributed by atoms with E-state index >= 15 is 0 Å². The summed E-state index contributed by atoms with van der Waals surface area (Å²) in [6, 6.07) is 0. The highest BCUT2D eigenvalue weighted by molar-refractivity contribution is 5.91. The molecule has 2 aliphatic heterocycles. The van der Waals surface area contributed by atoms with Crippen molar-refractivity contribution >= 4 is 11.8 Å². The predicted octanol–water partition coefficient (Wildman–Crippen LogP) is 0.704. The zero-order valence-electron chi connectivity index (χ0n) is 8.41. The topological polar surface area (TPSA) is 46.6 Å². The molecule has 14 heavy (non-hydrogen) atoms. The van der Waals surface area contributed by atoms with Crippen LogP contribution in [0.1, 0.15) is 32.1 Å². The molecule has 4 heteroatoms. The molecule has 2 saturated heterocycles. The molecule has 1 unspecified atom stereocenters. The number of nitrogens with zero attached hydrogens (tertiary/aromatic N) is 1. The first-order valence-corrected chi connectivity index (χ1v) is 5.11. The fourth-order valence-electron chi connectivity index (χ4n) is 2.29. The minimum Gasteiger partial charge on any atom is -0.436 e. The van der Waals surface area contributed by atoms with Crippen molar-refractivity contribution in [2.24, 2.45) is 0 Å². The Morgan fingerprint density at radius 3 is 2.71 bits per heavy atom. The second-order valence-corrected chi connectivity index (χ2v) is 4.06. The van der Waals surface area contributed by atoms with Crippen molar-refractivity contribution in [1.82, 2.24) is 4.90 Å². The molecule has 2 rings (SSSR count). The summed E-state index contributed by atoms with van der Waals surface area (Å²) >= 11 is 0. The molecule has 0 bridgehead atoms. The summed E-state index contributed by atoms with van der Waals surface area (Å²) in [7, 11) is 1.85. The largest absolute Gasteiger partial charge is 0.436 e. The lowest BCUT2D eigenvalue weighted by Crippen LogP contribution is -2.50. The number of esters is 1. The molecule has 0 radical (unpaired) electrons. The highest BCUT2D eigenvalue weighted by Gasteiger charge is 2.49. The van der Waals surface area contributed by atoms with Crippen molar-refractivity contribution in [1.29, 1.82) is 0 Å². The monoisotopic (exact) mass is 197 g/mol. The van der Waals surface area contributed by atoms with Crippen LogP contribution in [0.4, 0.5) is 0 Å². The van der Waals surface area contributed by atoms with Crippen molar-refractivity contribution in [3.05, 3.63) is 0 Å². The zero-order valence-corrected chi connectivity index (χ0v) is 8.41. The van der Waals surface area contributed by atoms with Gasteiger partial charge in [-0.05, 0) is 19.9 Å². The second kappa shape index (κ2) is 3.35. The summed E-state index contributed by atoms with van der Waals surface area (Å²) in [4.78, 5) is 25.1. The Kier molecular flexibility index (Phi) is 2.31. The van der Waals surface area contributed by atoms with Gasteiger partial charge in [0.2, 0.25) is 5.72 Å². The van der Waals surface area contributed by atoms with Gasteiger partial charge in [0.1, 0.15) is 0 Å². The lowest BCUT2D eigenvalue weighted by atomic mass is 10.0. The molecule has 0 saturated carbocycles. The van der Waals surface area contributed by atoms with Crippen LogP contribution in [0.2, 0.25) is 0 Å². The highest BCUT2D eigenvalue weighted by atomic mass is 16.6. The number of ketones is 1. The van der Waals surface area contributed by atoms with Gasteiger partial charge < -0.3 is 4.74 Å². The van der Waals surface area contributed by atoms with Crippen LogP contribution < -0.4 is 0 Å². The van der Waals surface area contributed by atoms with Crippen LogP contribution in [0.15, 0.2) is 0 Å². The standard InChI is InChI=1S/C10H15NO3/c1-11-7-3-6-10(11)8(12)4-2-5-9(13)14-10/h2-7H2,1H3. The third kappa shape index (κ3) is 1.34. The Bertz CT molecular complexity index is 277. The van der Waals surface area contributed by atoms with E-state index in [0.717, 1.165) is 13.0 Å². The van der Waals surface area contributed by atoms with Gasteiger partial charge in [-0.25, -0.2) is 0 Å². The van der Waals surface area contributed by atoms with Gasteiger partial charge in [0.25, 0.3) is 0 Å². The van der Waals surface area contributed by atoms with Crippen LogP contribution in [-0.2, 0) is 14.3 Å². The van der Waals surface area contributed by atoms with E-state index in [0.29, 0.717) is 25.7 Å². The average Bonchev–Trinajstić information content (AvgIpc) is 2.41. The molecule has 2 heterocycles. The molecule has 0 aromatic heterocycles. The van der Waals surface area contributed by atoms with Crippen LogP contribution in [0.5, 0.6) is 0 Å². The predicted molar refractivity (Wildman–Crippen MR) is 49.5 cm³/mol. The Hall–Kier alpha value is -0.900. The maximum atomic E-state index is 11.9. The van der Waals surface area contributed by atoms with Crippen LogP contribution >= 0.6 is 0 Å². The number of ether oxygens (including phenoxy) is 1. The number of likely N-dealkylation sites (tertiary alicyclic amines) is 1. The Morgan fingerprint density at radius 2 is 2.07 bits per heavy atom. The van der Waals surface area contributed by atoms with Gasteiger partial charge in [0.15, 0.2) is 5.78 Å². The molecule has 0 N–H and O–H groups in total. The van der Waals surface area contributed by atoms with Crippen LogP contribution in [-0.4, -0.2) is 36.0 Å². The van der Waals surface area contributed by atoms with Gasteiger partial charge in [-0.3, -0.25) is 14.5 Å². The van der Waals surface area contributed by atoms with Crippen molar-refractivity contribution < 1.29 is 14.3 Å². The minimum absolute atomic E-state index is 0.0725. The lowest BCUT2D eigenvalue weighted by Gasteiger charge is -2.32. The molecule has 1 atom stereocenters. The lowest BCUT2D eigenvalue weighted by molar-refractivity contribution is -0.180. The molecule has 0 amide bonds. The number of rotatable bonds is 0. The molecule has 0 aliphatic carbocycles. The molecule has 2 aliphatic rings. The molecule has 1 spiro atoms. The summed E-state index contributed by atoms with van der Waals surface area (Å²) in [5.74, 6) is -0.159. The molecular weight excluding hydrogens is 182 g/mol. The van der Waals surface area contributed by atoms with E-state index in [2.05, 4.69) is 0 Å². The van der Waals surface area contributed by atoms with Gasteiger partial charge in [-0.15, -0.1) is 0 Å². The molecule has 0 aromatic rings. The van der Waals surface area contributed by atoms with E-state index in [1.54, 1.807) is 0 Å². The van der Waals surface area contributed by atoms with E-state index in [-0.39, 0.29) is 11.8 Å². The van der Waals surface area contributed by atoms with Crippen molar-refractivity contribution in [2.75, 3.05) is 13.6 Å². The zero-order chi connectivity index (χ0) is 10.2. The van der Waals surface area contributed by atoms with Gasteiger partial charge >= 0.3 is 5.97 Å². The van der Waals surface area contributed by atoms with Crippen molar-refractivity contribution in [2.45, 2.75) is 37.8 Å². The van der Waals surface area contributed by atoms with Crippen molar-refractivity contribution in [3.63, 3.8) is 0 Å². The normalized spacial score (nSPS) is 34.6. The molecule has 2 fully saturated rings. The maximum absolute atomic E-state index is 11.9. The van der Waals surface area contributed by atoms with Crippen LogP contribution in [0, 0.1) is 0 Å². The third-order valence-electron chi connectivity index (χ3n) is 3.13. The quantitative estimate of drug-likeness (QED) is 0.536. The Morgan fingerprint density at radius 1 is 1.29 bits per heavy atom. The SMILES string of the molecule is CN1CCCC12OC(=O)CCCC2=O. The highest BCUT2D eigenvalue weighted by Crippen LogP contribution is 2.33. The third-order valence-corrected chi connectivity index (χ3v) is 3.13. The first-order chi connectivity index (χ1) is 6.65. The maximum Gasteiger partial charge on any atom is 0.307 e. The van der Waals surface area contributed by atoms with E-state index in [1.165, 1.54) is 0 Å². The molecule has 4 nitrogen and oxygen atoms in total. The molecule has 0 aromatic carbocycles. The number of Topliss-reactive ketones (excluding diaryl/α,β-unsaturated/α-hetero) is 1. The van der Waals surface area contributed by atoms with E-state index in [4.69, 9.17) is 4.74 Å². The van der Waals surface area contributed by atoms with Gasteiger partial charge in [-0.1, -0.05) is 0 Å². The van der Waals surface area contributed by atoms with Crippen LogP contribution in [0.3, 0.4) is 0 Å². The summed E-state index contributed by atoms with van der Waals surface area (Å²) in [6.45, 7) is 0.832. The first-order valence-electron chi connectivity index (χ1n) is 5.11. The summed E-state index contributed by atoms with van der Waals surface area (Å²) in [6.07, 6.45) is 3.06. The number of carbonyl (C=O) groups excluding carboxylic acids is 2. The summed E-state index contributed by atoms with van der Waals surface area (Å²) in [5, 5.41) is 0. The number of hydrogen-bond acceptors (Lipinski definition) is 4. The van der Waals surface area contributed by atoms with Gasteiger partial charge in [0.05, 0.1) is 0 Å². The summed E-state index contributed by atoms with van der Waals surface area (Å²) < 4.78 is 5.32. The number of carbonyl (C=O) groups is 2. The van der Waals surface area contributed by atoms with E-state index < -0.39 is 5.72 Å². The second-order valence-electron chi connectivity index (χ2n) is 4.06. The smallest absolute Gasteiger partial charge is 0.307 e. The average molecular weight is 197 g/mol. The van der Waals surface area contributed by atoms with Crippen molar-refractivity contribution in [3.8, 4) is 0 Å². The van der Waals surface area contributed by atoms with Crippen LogP contribution in [0.25, 0.3) is 0 Å². The Labute approximate surface area is 83.2 Å². The Balaban J connectivity index is 2.28. The summed E-state index contributed by atoms with van der Waals surface area (Å²) in [5.41, 5.74) is -0.909. The molecular formula is C10H15NO3. The van der Waals surface area contributed by atoms with E-state index in [9.17, 15) is 9.59 Å². The first kappa shape index (κ1) is 9.65.